The van der Waals surface area contributed by atoms with Crippen molar-refractivity contribution in [2.24, 2.45) is 11.8 Å². The van der Waals surface area contributed by atoms with Gasteiger partial charge in [-0.1, -0.05) is 0 Å². The lowest BCUT2D eigenvalue weighted by atomic mass is 9.81. The molecule has 1 amide bonds. The van der Waals surface area contributed by atoms with Gasteiger partial charge in [0.2, 0.25) is 0 Å². The minimum Gasteiger partial charge on any atom is -0.381 e. The number of methoxy groups -OCH3 is 1. The standard InChI is InChI=1S/C21H27N3O2S/c1-26-18(12-2-3-12)13-6-8-16(9-7-13)23-20(25)15-10-17-19(22-11-15)24-21(27-17)14-4-5-14/h10-14,16,18H,2-9H2,1H3,(H,23,25). The van der Waals surface area contributed by atoms with E-state index in [1.807, 2.05) is 13.2 Å². The van der Waals surface area contributed by atoms with Crippen molar-refractivity contribution in [1.29, 1.82) is 0 Å². The van der Waals surface area contributed by atoms with E-state index in [0.29, 0.717) is 23.5 Å². The molecule has 6 heteroatoms. The second-order valence-corrected chi connectivity index (χ2v) is 9.56. The number of hydrogen-bond donors (Lipinski definition) is 1. The van der Waals surface area contributed by atoms with Crippen LogP contribution in [0.4, 0.5) is 0 Å². The molecule has 3 aliphatic rings. The number of nitrogens with zero attached hydrogens (tertiary/aromatic N) is 2. The Bertz CT molecular complexity index is 835. The van der Waals surface area contributed by atoms with Crippen molar-refractivity contribution in [1.82, 2.24) is 15.3 Å². The van der Waals surface area contributed by atoms with Gasteiger partial charge in [0.1, 0.15) is 0 Å². The van der Waals surface area contributed by atoms with Crippen LogP contribution in [0, 0.1) is 11.8 Å². The summed E-state index contributed by atoms with van der Waals surface area (Å²) in [6.07, 6.45) is 11.6. The van der Waals surface area contributed by atoms with Crippen molar-refractivity contribution in [3.8, 4) is 0 Å². The van der Waals surface area contributed by atoms with Crippen LogP contribution < -0.4 is 5.32 Å². The highest BCUT2D eigenvalue weighted by Crippen LogP contribution is 2.43. The van der Waals surface area contributed by atoms with Crippen molar-refractivity contribution in [2.45, 2.75) is 69.4 Å². The van der Waals surface area contributed by atoms with Crippen LogP contribution in [0.3, 0.4) is 0 Å². The fourth-order valence-corrected chi connectivity index (χ4v) is 5.66. The van der Waals surface area contributed by atoms with E-state index in [1.54, 1.807) is 17.5 Å². The number of ether oxygens (including phenoxy) is 1. The van der Waals surface area contributed by atoms with E-state index >= 15 is 0 Å². The van der Waals surface area contributed by atoms with Crippen LogP contribution in [-0.4, -0.2) is 35.1 Å². The summed E-state index contributed by atoms with van der Waals surface area (Å²) in [7, 11) is 1.86. The van der Waals surface area contributed by atoms with Crippen LogP contribution in [0.2, 0.25) is 0 Å². The first-order valence-corrected chi connectivity index (χ1v) is 11.1. The molecule has 1 unspecified atom stereocenters. The van der Waals surface area contributed by atoms with E-state index in [1.165, 1.54) is 30.7 Å². The SMILES string of the molecule is COC(C1CCC(NC(=O)c2cnc3nc(C4CC4)sc3c2)CC1)C1CC1. The summed E-state index contributed by atoms with van der Waals surface area (Å²) in [4.78, 5) is 21.7. The Morgan fingerprint density at radius 2 is 1.85 bits per heavy atom. The molecular formula is C21H27N3O2S. The van der Waals surface area contributed by atoms with E-state index in [-0.39, 0.29) is 11.9 Å². The first kappa shape index (κ1) is 17.6. The van der Waals surface area contributed by atoms with Gasteiger partial charge < -0.3 is 10.1 Å². The van der Waals surface area contributed by atoms with Gasteiger partial charge in [0, 0.05) is 25.3 Å². The summed E-state index contributed by atoms with van der Waals surface area (Å²) in [6.45, 7) is 0. The molecule has 3 saturated carbocycles. The largest absolute Gasteiger partial charge is 0.381 e. The molecule has 2 aromatic rings. The topological polar surface area (TPSA) is 64.1 Å². The number of carbonyl (C=O) groups is 1. The van der Waals surface area contributed by atoms with Crippen LogP contribution in [0.1, 0.15) is 72.7 Å². The lowest BCUT2D eigenvalue weighted by molar-refractivity contribution is 0.0170. The van der Waals surface area contributed by atoms with E-state index in [4.69, 9.17) is 4.74 Å². The maximum absolute atomic E-state index is 12.7. The van der Waals surface area contributed by atoms with Crippen LogP contribution in [0.25, 0.3) is 10.3 Å². The van der Waals surface area contributed by atoms with Gasteiger partial charge in [-0.3, -0.25) is 4.79 Å². The molecule has 0 spiro atoms. The molecular weight excluding hydrogens is 358 g/mol. The molecule has 3 aliphatic carbocycles. The first-order chi connectivity index (χ1) is 13.2. The molecule has 0 aromatic carbocycles. The summed E-state index contributed by atoms with van der Waals surface area (Å²) >= 11 is 1.69. The summed E-state index contributed by atoms with van der Waals surface area (Å²) < 4.78 is 6.79. The average molecular weight is 386 g/mol. The van der Waals surface area contributed by atoms with Gasteiger partial charge in [0.25, 0.3) is 5.91 Å². The maximum Gasteiger partial charge on any atom is 0.253 e. The Hall–Kier alpha value is -1.53. The fraction of sp³-hybridized carbons (Fsp3) is 0.667. The zero-order valence-electron chi connectivity index (χ0n) is 15.8. The Morgan fingerprint density at radius 3 is 2.48 bits per heavy atom. The van der Waals surface area contributed by atoms with Gasteiger partial charge in [-0.15, -0.1) is 11.3 Å². The van der Waals surface area contributed by atoms with Gasteiger partial charge in [-0.25, -0.2) is 9.97 Å². The molecule has 0 bridgehead atoms. The molecule has 0 saturated heterocycles. The number of carbonyl (C=O) groups excluding carboxylic acids is 1. The average Bonchev–Trinajstić information content (AvgIpc) is 3.61. The summed E-state index contributed by atoms with van der Waals surface area (Å²) in [6, 6.07) is 2.23. The van der Waals surface area contributed by atoms with E-state index < -0.39 is 0 Å². The maximum atomic E-state index is 12.7. The third-order valence-corrected chi connectivity index (χ3v) is 7.54. The van der Waals surface area contributed by atoms with Gasteiger partial charge in [0.15, 0.2) is 5.65 Å². The Labute approximate surface area is 163 Å². The zero-order chi connectivity index (χ0) is 18.4. The Kier molecular flexibility index (Phi) is 4.64. The number of nitrogens with one attached hydrogen (secondary N) is 1. The number of aromatic nitrogens is 2. The molecule has 5 nitrogen and oxygen atoms in total. The number of thiazole rings is 1. The molecule has 1 N–H and O–H groups in total. The van der Waals surface area contributed by atoms with Gasteiger partial charge in [-0.2, -0.15) is 0 Å². The monoisotopic (exact) mass is 385 g/mol. The zero-order valence-corrected chi connectivity index (χ0v) is 16.6. The van der Waals surface area contributed by atoms with Crippen molar-refractivity contribution < 1.29 is 9.53 Å². The smallest absolute Gasteiger partial charge is 0.253 e. The molecule has 3 fully saturated rings. The molecule has 27 heavy (non-hydrogen) atoms. The molecule has 0 aliphatic heterocycles. The fourth-order valence-electron chi connectivity index (χ4n) is 4.52. The van der Waals surface area contributed by atoms with Crippen molar-refractivity contribution in [2.75, 3.05) is 7.11 Å². The molecule has 2 heterocycles. The van der Waals surface area contributed by atoms with Gasteiger partial charge in [0.05, 0.1) is 21.4 Å². The lowest BCUT2D eigenvalue weighted by Crippen LogP contribution is -2.40. The predicted octanol–water partition coefficient (Wildman–Crippen LogP) is 4.28. The molecule has 144 valence electrons. The normalized spacial score (nSPS) is 26.9. The van der Waals surface area contributed by atoms with E-state index in [9.17, 15) is 4.79 Å². The quantitative estimate of drug-likeness (QED) is 0.806. The minimum absolute atomic E-state index is 0.000272. The number of rotatable bonds is 6. The van der Waals surface area contributed by atoms with Crippen LogP contribution in [-0.2, 0) is 4.74 Å². The van der Waals surface area contributed by atoms with E-state index in [2.05, 4.69) is 15.3 Å². The lowest BCUT2D eigenvalue weighted by Gasteiger charge is -2.33. The first-order valence-electron chi connectivity index (χ1n) is 10.3. The number of amides is 1. The third-order valence-electron chi connectivity index (χ3n) is 6.38. The number of hydrogen-bond acceptors (Lipinski definition) is 5. The van der Waals surface area contributed by atoms with Gasteiger partial charge in [-0.05, 0) is 69.3 Å². The highest BCUT2D eigenvalue weighted by molar-refractivity contribution is 7.18. The molecule has 0 radical (unpaired) electrons. The minimum atomic E-state index is -0.000272. The molecule has 5 rings (SSSR count). The van der Waals surface area contributed by atoms with Gasteiger partial charge >= 0.3 is 0 Å². The second kappa shape index (κ2) is 7.13. The van der Waals surface area contributed by atoms with Crippen molar-refractivity contribution >= 4 is 27.6 Å². The second-order valence-electron chi connectivity index (χ2n) is 8.50. The van der Waals surface area contributed by atoms with Crippen molar-refractivity contribution in [3.63, 3.8) is 0 Å². The predicted molar refractivity (Wildman–Crippen MR) is 106 cm³/mol. The summed E-state index contributed by atoms with van der Waals surface area (Å²) in [5.41, 5.74) is 1.44. The number of pyridine rings is 1. The Morgan fingerprint density at radius 1 is 1.15 bits per heavy atom. The highest BCUT2D eigenvalue weighted by Gasteiger charge is 2.38. The molecule has 2 aromatic heterocycles. The number of fused-ring (bicyclic) bond motifs is 1. The van der Waals surface area contributed by atoms with Crippen LogP contribution in [0.5, 0.6) is 0 Å². The van der Waals surface area contributed by atoms with Crippen LogP contribution >= 0.6 is 11.3 Å². The Balaban J connectivity index is 1.20. The third kappa shape index (κ3) is 3.74. The molecule has 1 atom stereocenters. The highest BCUT2D eigenvalue weighted by atomic mass is 32.1. The van der Waals surface area contributed by atoms with Crippen molar-refractivity contribution in [3.05, 3.63) is 22.8 Å². The summed E-state index contributed by atoms with van der Waals surface area (Å²) in [5.74, 6) is 2.07. The van der Waals surface area contributed by atoms with E-state index in [0.717, 1.165) is 41.9 Å². The van der Waals surface area contributed by atoms with Crippen LogP contribution in [0.15, 0.2) is 12.3 Å². The summed E-state index contributed by atoms with van der Waals surface area (Å²) in [5, 5.41) is 4.41.